The molecule has 1 aliphatic carbocycles. The smallest absolute Gasteiger partial charge is 0.335 e. The van der Waals surface area contributed by atoms with Gasteiger partial charge in [-0.3, -0.25) is 9.69 Å². The lowest BCUT2D eigenvalue weighted by Gasteiger charge is -2.43. The molecule has 0 unspecified atom stereocenters. The van der Waals surface area contributed by atoms with Crippen LogP contribution in [0.25, 0.3) is 22.2 Å². The summed E-state index contributed by atoms with van der Waals surface area (Å²) in [6.07, 6.45) is 2.41. The number of aromatic nitrogens is 1. The number of likely N-dealkylation sites (tertiary alicyclic amines) is 1. The number of fused-ring (bicyclic) bond motifs is 2. The minimum atomic E-state index is -0.981. The summed E-state index contributed by atoms with van der Waals surface area (Å²) in [5.41, 5.74) is 5.06. The first-order valence-corrected chi connectivity index (χ1v) is 13.9. The van der Waals surface area contributed by atoms with Gasteiger partial charge in [0.1, 0.15) is 5.52 Å². The van der Waals surface area contributed by atoms with E-state index in [4.69, 9.17) is 4.52 Å². The number of hydrogen-bond acceptors (Lipinski definition) is 8. The first-order valence-electron chi connectivity index (χ1n) is 13.9. The highest BCUT2D eigenvalue weighted by Gasteiger charge is 2.35. The van der Waals surface area contributed by atoms with Crippen molar-refractivity contribution >= 4 is 39.7 Å². The number of piperazine rings is 1. The van der Waals surface area contributed by atoms with E-state index in [-0.39, 0.29) is 11.3 Å². The summed E-state index contributed by atoms with van der Waals surface area (Å²) >= 11 is 0. The summed E-state index contributed by atoms with van der Waals surface area (Å²) in [6.45, 7) is 5.97. The summed E-state index contributed by atoms with van der Waals surface area (Å²) in [7, 11) is 2.19. The average molecular weight is 538 g/mol. The van der Waals surface area contributed by atoms with Crippen LogP contribution in [0.2, 0.25) is 0 Å². The molecule has 0 bridgehead atoms. The fraction of sp³-hybridized carbons (Fsp3) is 0.323. The van der Waals surface area contributed by atoms with Crippen LogP contribution in [0.5, 0.6) is 0 Å². The number of benzene rings is 3. The quantitative estimate of drug-likeness (QED) is 0.330. The SMILES string of the molecule is CN1CCC(N2CCN(c3cc(Nc4ccc(C(=O)O)cc4)c4c5c(onc35)-c3ccccc3C4=O)CC2)CC1. The molecular formula is C31H31N5O4. The van der Waals surface area contributed by atoms with Gasteiger partial charge in [0.15, 0.2) is 11.5 Å². The molecule has 3 aromatic carbocycles. The molecule has 40 heavy (non-hydrogen) atoms. The van der Waals surface area contributed by atoms with Crippen LogP contribution in [-0.4, -0.2) is 84.2 Å². The molecule has 0 spiro atoms. The third-order valence-corrected chi connectivity index (χ3v) is 8.65. The lowest BCUT2D eigenvalue weighted by molar-refractivity contribution is 0.0696. The van der Waals surface area contributed by atoms with Gasteiger partial charge in [-0.15, -0.1) is 0 Å². The number of nitrogens with one attached hydrogen (secondary N) is 1. The van der Waals surface area contributed by atoms with Crippen molar-refractivity contribution in [3.05, 3.63) is 71.3 Å². The topological polar surface area (TPSA) is 102 Å². The molecule has 0 radical (unpaired) electrons. The van der Waals surface area contributed by atoms with Crippen LogP contribution in [-0.2, 0) is 0 Å². The number of hydrogen-bond donors (Lipinski definition) is 2. The Kier molecular flexibility index (Phi) is 6.05. The van der Waals surface area contributed by atoms with Crippen molar-refractivity contribution < 1.29 is 19.2 Å². The van der Waals surface area contributed by atoms with Crippen molar-refractivity contribution in [2.24, 2.45) is 0 Å². The van der Waals surface area contributed by atoms with E-state index in [2.05, 4.69) is 32.2 Å². The molecule has 0 amide bonds. The Labute approximate surface area is 232 Å². The Morgan fingerprint density at radius 1 is 0.975 bits per heavy atom. The lowest BCUT2D eigenvalue weighted by atomic mass is 9.86. The van der Waals surface area contributed by atoms with E-state index in [0.29, 0.717) is 39.8 Å². The molecule has 9 nitrogen and oxygen atoms in total. The molecule has 2 fully saturated rings. The van der Waals surface area contributed by atoms with Crippen LogP contribution in [0.15, 0.2) is 59.1 Å². The van der Waals surface area contributed by atoms with E-state index in [1.807, 2.05) is 30.3 Å². The van der Waals surface area contributed by atoms with Crippen LogP contribution in [0.1, 0.15) is 39.1 Å². The van der Waals surface area contributed by atoms with Crippen molar-refractivity contribution in [2.45, 2.75) is 18.9 Å². The summed E-state index contributed by atoms with van der Waals surface area (Å²) in [4.78, 5) is 32.6. The Bertz CT molecular complexity index is 1610. The van der Waals surface area contributed by atoms with E-state index in [1.165, 1.54) is 12.8 Å². The predicted octanol–water partition coefficient (Wildman–Crippen LogP) is 4.70. The standard InChI is InChI=1S/C31H31N5O4/c1-34-12-10-21(11-13-34)35-14-16-36(17-15-35)25-18-24(32-20-8-6-19(7-9-20)31(38)39)26-27-28(25)33-40-30(27)23-5-3-2-4-22(23)29(26)37/h2-9,18,21,32H,10-17H2,1H3,(H,38,39). The fourth-order valence-electron chi connectivity index (χ4n) is 6.42. The van der Waals surface area contributed by atoms with Crippen LogP contribution in [0.4, 0.5) is 17.1 Å². The molecule has 3 aliphatic rings. The number of carbonyl (C=O) groups is 2. The normalized spacial score (nSPS) is 18.2. The lowest BCUT2D eigenvalue weighted by Crippen LogP contribution is -2.53. The molecule has 0 saturated carbocycles. The van der Waals surface area contributed by atoms with Crippen LogP contribution >= 0.6 is 0 Å². The number of carboxylic acid groups (broad SMARTS) is 1. The minimum Gasteiger partial charge on any atom is -0.478 e. The van der Waals surface area contributed by atoms with Gasteiger partial charge in [0, 0.05) is 49.0 Å². The van der Waals surface area contributed by atoms with Crippen molar-refractivity contribution in [1.82, 2.24) is 15.0 Å². The number of aromatic carboxylic acids is 1. The van der Waals surface area contributed by atoms with Gasteiger partial charge in [-0.05, 0) is 63.3 Å². The number of anilines is 3. The number of carboxylic acids is 1. The highest BCUT2D eigenvalue weighted by atomic mass is 16.5. The third-order valence-electron chi connectivity index (χ3n) is 8.65. The number of nitrogens with zero attached hydrogens (tertiary/aromatic N) is 4. The molecule has 7 rings (SSSR count). The van der Waals surface area contributed by atoms with Crippen LogP contribution in [0.3, 0.4) is 0 Å². The average Bonchev–Trinajstić information content (AvgIpc) is 3.42. The second kappa shape index (κ2) is 9.76. The van der Waals surface area contributed by atoms with Crippen molar-refractivity contribution in [1.29, 1.82) is 0 Å². The van der Waals surface area contributed by atoms with Crippen molar-refractivity contribution in [2.75, 3.05) is 56.5 Å². The molecule has 2 saturated heterocycles. The maximum Gasteiger partial charge on any atom is 0.335 e. The monoisotopic (exact) mass is 537 g/mol. The second-order valence-corrected chi connectivity index (χ2v) is 11.0. The Morgan fingerprint density at radius 3 is 2.38 bits per heavy atom. The zero-order valence-corrected chi connectivity index (χ0v) is 22.4. The van der Waals surface area contributed by atoms with E-state index >= 15 is 0 Å². The molecule has 4 aromatic rings. The zero-order valence-electron chi connectivity index (χ0n) is 22.4. The van der Waals surface area contributed by atoms with Gasteiger partial charge in [0.05, 0.1) is 27.9 Å². The minimum absolute atomic E-state index is 0.0837. The molecular weight excluding hydrogens is 506 g/mol. The van der Waals surface area contributed by atoms with Gasteiger partial charge in [0.2, 0.25) is 0 Å². The van der Waals surface area contributed by atoms with E-state index in [9.17, 15) is 14.7 Å². The Balaban J connectivity index is 1.28. The Hall–Kier alpha value is -4.21. The summed E-state index contributed by atoms with van der Waals surface area (Å²) in [5.74, 6) is -0.457. The van der Waals surface area contributed by atoms with Gasteiger partial charge in [-0.1, -0.05) is 29.4 Å². The summed E-state index contributed by atoms with van der Waals surface area (Å²) in [6, 6.07) is 16.7. The number of ketones is 1. The van der Waals surface area contributed by atoms with E-state index in [0.717, 1.165) is 55.9 Å². The van der Waals surface area contributed by atoms with Crippen molar-refractivity contribution in [3.63, 3.8) is 0 Å². The zero-order chi connectivity index (χ0) is 27.4. The van der Waals surface area contributed by atoms with Gasteiger partial charge >= 0.3 is 5.97 Å². The predicted molar refractivity (Wildman–Crippen MR) is 154 cm³/mol. The highest BCUT2D eigenvalue weighted by molar-refractivity contribution is 6.28. The summed E-state index contributed by atoms with van der Waals surface area (Å²) < 4.78 is 5.94. The number of carbonyl (C=O) groups excluding carboxylic acids is 1. The molecule has 0 atom stereocenters. The molecule has 9 heteroatoms. The first kappa shape index (κ1) is 24.8. The molecule has 1 aromatic heterocycles. The third kappa shape index (κ3) is 4.13. The molecule has 2 N–H and O–H groups in total. The van der Waals surface area contributed by atoms with Crippen LogP contribution < -0.4 is 10.2 Å². The van der Waals surface area contributed by atoms with Gasteiger partial charge in [-0.2, -0.15) is 0 Å². The van der Waals surface area contributed by atoms with Crippen LogP contribution in [0, 0.1) is 0 Å². The maximum atomic E-state index is 13.9. The fourth-order valence-corrected chi connectivity index (χ4v) is 6.42. The largest absolute Gasteiger partial charge is 0.478 e. The molecule has 2 aliphatic heterocycles. The summed E-state index contributed by atoms with van der Waals surface area (Å²) in [5, 5.41) is 18.0. The second-order valence-electron chi connectivity index (χ2n) is 11.0. The number of rotatable bonds is 5. The van der Waals surface area contributed by atoms with Gasteiger partial charge in [-0.25, -0.2) is 4.79 Å². The Morgan fingerprint density at radius 2 is 1.68 bits per heavy atom. The van der Waals surface area contributed by atoms with Crippen molar-refractivity contribution in [3.8, 4) is 11.3 Å². The first-order chi connectivity index (χ1) is 19.5. The van der Waals surface area contributed by atoms with E-state index in [1.54, 1.807) is 24.3 Å². The maximum absolute atomic E-state index is 13.9. The van der Waals surface area contributed by atoms with Gasteiger partial charge < -0.3 is 24.7 Å². The van der Waals surface area contributed by atoms with E-state index < -0.39 is 5.97 Å². The van der Waals surface area contributed by atoms with Gasteiger partial charge in [0.25, 0.3) is 0 Å². The highest BCUT2D eigenvalue weighted by Crippen LogP contribution is 2.46. The number of piperidine rings is 1. The molecule has 204 valence electrons. The molecule has 3 heterocycles.